The number of methoxy groups -OCH3 is 1. The number of amides is 4. The van der Waals surface area contributed by atoms with Gasteiger partial charge in [0.2, 0.25) is 11.8 Å². The van der Waals surface area contributed by atoms with Gasteiger partial charge in [-0.15, -0.1) is 0 Å². The summed E-state index contributed by atoms with van der Waals surface area (Å²) in [6.45, 7) is 2.63. The van der Waals surface area contributed by atoms with Crippen molar-refractivity contribution in [3.05, 3.63) is 64.6 Å². The third-order valence-corrected chi connectivity index (χ3v) is 9.16. The summed E-state index contributed by atoms with van der Waals surface area (Å²) < 4.78 is 12.1. The number of hydrogen-bond donors (Lipinski definition) is 2. The topological polar surface area (TPSA) is 129 Å². The van der Waals surface area contributed by atoms with E-state index in [0.29, 0.717) is 30.3 Å². The Labute approximate surface area is 270 Å². The highest BCUT2D eigenvalue weighted by Crippen LogP contribution is 2.38. The first-order valence-corrected chi connectivity index (χ1v) is 15.7. The zero-order valence-electron chi connectivity index (χ0n) is 25.5. The first-order chi connectivity index (χ1) is 21.6. The van der Waals surface area contributed by atoms with Crippen molar-refractivity contribution < 1.29 is 33.8 Å². The molecular formula is C33H37BrN4O7. The summed E-state index contributed by atoms with van der Waals surface area (Å²) in [7, 11) is 2.86. The van der Waals surface area contributed by atoms with Gasteiger partial charge in [0, 0.05) is 36.7 Å². The molecule has 3 aromatic carbocycles. The lowest BCUT2D eigenvalue weighted by atomic mass is 9.95. The summed E-state index contributed by atoms with van der Waals surface area (Å²) in [5.74, 6) is -0.507. The predicted molar refractivity (Wildman–Crippen MR) is 174 cm³/mol. The summed E-state index contributed by atoms with van der Waals surface area (Å²) in [6, 6.07) is 14.7. The van der Waals surface area contributed by atoms with E-state index in [-0.39, 0.29) is 31.3 Å². The lowest BCUT2D eigenvalue weighted by molar-refractivity contribution is -0.130. The Kier molecular flexibility index (Phi) is 9.93. The van der Waals surface area contributed by atoms with Crippen LogP contribution < -0.4 is 19.9 Å². The second-order valence-corrected chi connectivity index (χ2v) is 12.3. The van der Waals surface area contributed by atoms with Gasteiger partial charge in [-0.25, -0.2) is 4.79 Å². The SMILES string of the molecule is COc1ccc2cc(Br)ccc2c1CN1C(=O)[C@@H](NC(=O)[C@H](C)N(C)C(=O)O)CN(C(=O)CC2CCOCC2)c2ccccc21. The lowest BCUT2D eigenvalue weighted by Gasteiger charge is -2.29. The molecule has 1 saturated heterocycles. The van der Waals surface area contributed by atoms with E-state index < -0.39 is 30.0 Å². The average molecular weight is 682 g/mol. The van der Waals surface area contributed by atoms with Crippen LogP contribution >= 0.6 is 15.9 Å². The van der Waals surface area contributed by atoms with E-state index in [1.165, 1.54) is 14.0 Å². The number of carboxylic acid groups (broad SMARTS) is 1. The van der Waals surface area contributed by atoms with Gasteiger partial charge in [0.15, 0.2) is 0 Å². The largest absolute Gasteiger partial charge is 0.496 e. The summed E-state index contributed by atoms with van der Waals surface area (Å²) in [5.41, 5.74) is 1.83. The molecule has 0 saturated carbocycles. The highest BCUT2D eigenvalue weighted by molar-refractivity contribution is 9.10. The fourth-order valence-corrected chi connectivity index (χ4v) is 6.27. The van der Waals surface area contributed by atoms with Gasteiger partial charge in [-0.2, -0.15) is 0 Å². The maximum Gasteiger partial charge on any atom is 0.407 e. The van der Waals surface area contributed by atoms with Crippen LogP contribution in [0.3, 0.4) is 0 Å². The molecule has 1 fully saturated rings. The number of benzene rings is 3. The van der Waals surface area contributed by atoms with E-state index in [9.17, 15) is 24.3 Å². The fourth-order valence-electron chi connectivity index (χ4n) is 5.89. The van der Waals surface area contributed by atoms with Gasteiger partial charge >= 0.3 is 6.09 Å². The molecule has 2 aliphatic rings. The van der Waals surface area contributed by atoms with Gasteiger partial charge in [-0.3, -0.25) is 19.3 Å². The number of nitrogens with zero attached hydrogens (tertiary/aromatic N) is 3. The Morgan fingerprint density at radius 2 is 1.82 bits per heavy atom. The van der Waals surface area contributed by atoms with E-state index in [2.05, 4.69) is 21.2 Å². The third-order valence-electron chi connectivity index (χ3n) is 8.66. The minimum Gasteiger partial charge on any atom is -0.496 e. The van der Waals surface area contributed by atoms with Crippen molar-refractivity contribution in [2.75, 3.05) is 43.7 Å². The zero-order chi connectivity index (χ0) is 32.2. The average Bonchev–Trinajstić information content (AvgIpc) is 3.15. The standard InChI is InChI=1S/C33H37BrN4O7/c1-20(36(2)33(42)43)31(40)35-26-19-37(30(39)16-21-12-14-45-15-13-21)27-6-4-5-7-28(27)38(32(26)41)18-25-24-10-9-23(34)17-22(24)8-11-29(25)44-3/h4-11,17,20-21,26H,12-16,18-19H2,1-3H3,(H,35,40)(H,42,43)/t20-,26-/m0/s1. The van der Waals surface area contributed by atoms with Crippen molar-refractivity contribution in [2.45, 2.75) is 44.8 Å². The molecular weight excluding hydrogens is 644 g/mol. The van der Waals surface area contributed by atoms with E-state index >= 15 is 0 Å². The van der Waals surface area contributed by atoms with Crippen LogP contribution in [0.25, 0.3) is 10.8 Å². The van der Waals surface area contributed by atoms with Gasteiger partial charge in [-0.05, 0) is 66.8 Å². The molecule has 0 unspecified atom stereocenters. The van der Waals surface area contributed by atoms with Crippen LogP contribution in [0, 0.1) is 5.92 Å². The zero-order valence-corrected chi connectivity index (χ0v) is 27.1. The minimum atomic E-state index is -1.28. The molecule has 2 N–H and O–H groups in total. The second kappa shape index (κ2) is 13.9. The molecule has 2 heterocycles. The number of para-hydroxylation sites is 2. The Balaban J connectivity index is 1.58. The number of carbonyl (C=O) groups excluding carboxylic acids is 3. The number of fused-ring (bicyclic) bond motifs is 2. The van der Waals surface area contributed by atoms with E-state index in [1.54, 1.807) is 35.1 Å². The van der Waals surface area contributed by atoms with Gasteiger partial charge in [0.1, 0.15) is 17.8 Å². The van der Waals surface area contributed by atoms with Crippen molar-refractivity contribution in [2.24, 2.45) is 5.92 Å². The minimum absolute atomic E-state index is 0.0942. The summed E-state index contributed by atoms with van der Waals surface area (Å²) >= 11 is 3.53. The number of likely N-dealkylation sites (N-methyl/N-ethyl adjacent to an activating group) is 1. The smallest absolute Gasteiger partial charge is 0.407 e. The fraction of sp³-hybridized carbons (Fsp3) is 0.394. The van der Waals surface area contributed by atoms with Crippen molar-refractivity contribution in [3.63, 3.8) is 0 Å². The molecule has 5 rings (SSSR count). The Bertz CT molecular complexity index is 1610. The highest BCUT2D eigenvalue weighted by Gasteiger charge is 2.39. The first kappa shape index (κ1) is 32.2. The molecule has 0 aromatic heterocycles. The Morgan fingerprint density at radius 3 is 2.51 bits per heavy atom. The second-order valence-electron chi connectivity index (χ2n) is 11.4. The maximum atomic E-state index is 14.5. The van der Waals surface area contributed by atoms with Gasteiger partial charge in [0.05, 0.1) is 31.6 Å². The lowest BCUT2D eigenvalue weighted by Crippen LogP contribution is -2.56. The van der Waals surface area contributed by atoms with Gasteiger partial charge in [0.25, 0.3) is 5.91 Å². The van der Waals surface area contributed by atoms with Crippen LogP contribution in [-0.4, -0.2) is 79.8 Å². The molecule has 0 bridgehead atoms. The molecule has 0 radical (unpaired) electrons. The summed E-state index contributed by atoms with van der Waals surface area (Å²) in [5, 5.41) is 14.0. The summed E-state index contributed by atoms with van der Waals surface area (Å²) in [4.78, 5) is 57.4. The van der Waals surface area contributed by atoms with Crippen LogP contribution in [0.4, 0.5) is 16.2 Å². The van der Waals surface area contributed by atoms with Crippen molar-refractivity contribution in [1.82, 2.24) is 10.2 Å². The number of anilines is 2. The number of halogens is 1. The predicted octanol–water partition coefficient (Wildman–Crippen LogP) is 4.79. The normalized spacial score (nSPS) is 17.8. The van der Waals surface area contributed by atoms with Crippen LogP contribution in [0.1, 0.15) is 31.7 Å². The first-order valence-electron chi connectivity index (χ1n) is 14.9. The molecule has 3 aromatic rings. The Hall–Kier alpha value is -4.16. The van der Waals surface area contributed by atoms with Gasteiger partial charge in [-0.1, -0.05) is 40.2 Å². The maximum absolute atomic E-state index is 14.5. The Morgan fingerprint density at radius 1 is 1.11 bits per heavy atom. The molecule has 4 amide bonds. The monoisotopic (exact) mass is 680 g/mol. The van der Waals surface area contributed by atoms with Crippen molar-refractivity contribution >= 4 is 61.9 Å². The molecule has 45 heavy (non-hydrogen) atoms. The molecule has 0 aliphatic carbocycles. The van der Waals surface area contributed by atoms with Crippen LogP contribution in [-0.2, 0) is 25.7 Å². The van der Waals surface area contributed by atoms with E-state index in [4.69, 9.17) is 9.47 Å². The quantitative estimate of drug-likeness (QED) is 0.350. The van der Waals surface area contributed by atoms with Crippen LogP contribution in [0.5, 0.6) is 5.75 Å². The molecule has 0 spiro atoms. The molecule has 12 heteroatoms. The van der Waals surface area contributed by atoms with Crippen LogP contribution in [0.15, 0.2) is 59.1 Å². The summed E-state index contributed by atoms with van der Waals surface area (Å²) in [6.07, 6.45) is 0.531. The van der Waals surface area contributed by atoms with Crippen molar-refractivity contribution in [1.29, 1.82) is 0 Å². The van der Waals surface area contributed by atoms with Gasteiger partial charge < -0.3 is 29.7 Å². The third kappa shape index (κ3) is 6.91. The number of ether oxygens (including phenoxy) is 2. The highest BCUT2D eigenvalue weighted by atomic mass is 79.9. The number of nitrogens with one attached hydrogen (secondary N) is 1. The molecule has 2 atom stereocenters. The van der Waals surface area contributed by atoms with E-state index in [0.717, 1.165) is 38.6 Å². The number of rotatable bonds is 8. The van der Waals surface area contributed by atoms with Crippen molar-refractivity contribution in [3.8, 4) is 5.75 Å². The molecule has 238 valence electrons. The number of carbonyl (C=O) groups is 4. The number of hydrogen-bond acceptors (Lipinski definition) is 6. The van der Waals surface area contributed by atoms with Crippen LogP contribution in [0.2, 0.25) is 0 Å². The van der Waals surface area contributed by atoms with E-state index in [1.807, 2.05) is 36.4 Å². The molecule has 11 nitrogen and oxygen atoms in total. The molecule has 2 aliphatic heterocycles.